The lowest BCUT2D eigenvalue weighted by molar-refractivity contribution is -0.114. The van der Waals surface area contributed by atoms with Crippen molar-refractivity contribution in [1.82, 2.24) is 0 Å². The summed E-state index contributed by atoms with van der Waals surface area (Å²) in [6.45, 7) is 2.56. The van der Waals surface area contributed by atoms with E-state index in [0.29, 0.717) is 17.7 Å². The zero-order valence-electron chi connectivity index (χ0n) is 11.5. The van der Waals surface area contributed by atoms with Crippen LogP contribution in [0.1, 0.15) is 16.7 Å². The van der Waals surface area contributed by atoms with Crippen LogP contribution in [-0.4, -0.2) is 25.4 Å². The number of anilines is 2. The van der Waals surface area contributed by atoms with Crippen LogP contribution in [0.5, 0.6) is 0 Å². The summed E-state index contributed by atoms with van der Waals surface area (Å²) >= 11 is 3.04. The van der Waals surface area contributed by atoms with Gasteiger partial charge in [-0.05, 0) is 29.8 Å². The Morgan fingerprint density at radius 3 is 2.19 bits per heavy atom. The Morgan fingerprint density at radius 1 is 0.952 bits per heavy atom. The quantitative estimate of drug-likeness (QED) is 0.759. The van der Waals surface area contributed by atoms with E-state index >= 15 is 0 Å². The Kier molecular flexibility index (Phi) is 2.61. The van der Waals surface area contributed by atoms with Gasteiger partial charge in [0, 0.05) is 13.6 Å². The predicted octanol–water partition coefficient (Wildman–Crippen LogP) is 3.06. The first-order valence-corrected chi connectivity index (χ1v) is 8.41. The van der Waals surface area contributed by atoms with Gasteiger partial charge in [0.15, 0.2) is 0 Å². The number of amides is 2. The highest BCUT2D eigenvalue weighted by Gasteiger charge is 2.41. The molecule has 6 heteroatoms. The molecule has 0 radical (unpaired) electrons. The van der Waals surface area contributed by atoms with Crippen molar-refractivity contribution in [1.29, 1.82) is 0 Å². The van der Waals surface area contributed by atoms with Gasteiger partial charge in [0.2, 0.25) is 0 Å². The minimum atomic E-state index is -0.0856. The number of carbonyl (C=O) groups excluding carboxylic acids is 2. The number of rotatable bonds is 1. The molecule has 0 bridgehead atoms. The fraction of sp³-hybridized carbons (Fsp3) is 0.200. The summed E-state index contributed by atoms with van der Waals surface area (Å²) in [7, 11) is 1.76. The summed E-state index contributed by atoms with van der Waals surface area (Å²) in [5.41, 5.74) is 2.95. The molecule has 4 nitrogen and oxygen atoms in total. The molecule has 2 aromatic rings. The van der Waals surface area contributed by atoms with Crippen molar-refractivity contribution in [3.05, 3.63) is 32.6 Å². The molecule has 0 unspecified atom stereocenters. The zero-order chi connectivity index (χ0) is 14.7. The minimum Gasteiger partial charge on any atom is -0.310 e. The van der Waals surface area contributed by atoms with Gasteiger partial charge in [0.25, 0.3) is 11.8 Å². The van der Waals surface area contributed by atoms with Crippen LogP contribution in [0.15, 0.2) is 22.9 Å². The van der Waals surface area contributed by atoms with Crippen LogP contribution in [0.2, 0.25) is 0 Å². The highest BCUT2D eigenvalue weighted by Crippen LogP contribution is 2.49. The van der Waals surface area contributed by atoms with E-state index in [2.05, 4.69) is 0 Å². The Hall–Kier alpha value is -1.92. The van der Waals surface area contributed by atoms with Crippen molar-refractivity contribution in [2.75, 3.05) is 23.4 Å². The van der Waals surface area contributed by atoms with Gasteiger partial charge in [0.05, 0.1) is 32.3 Å². The molecule has 2 aliphatic heterocycles. The van der Waals surface area contributed by atoms with Crippen molar-refractivity contribution < 1.29 is 9.59 Å². The van der Waals surface area contributed by atoms with Crippen molar-refractivity contribution in [3.63, 3.8) is 0 Å². The third-order valence-corrected chi connectivity index (χ3v) is 5.78. The first kappa shape index (κ1) is 12.8. The summed E-state index contributed by atoms with van der Waals surface area (Å²) in [6.07, 6.45) is 0. The molecule has 106 valence electrons. The van der Waals surface area contributed by atoms with Crippen molar-refractivity contribution in [2.45, 2.75) is 6.92 Å². The molecule has 0 N–H and O–H groups in total. The number of hydrogen-bond donors (Lipinski definition) is 0. The Labute approximate surface area is 129 Å². The molecule has 0 saturated heterocycles. The average Bonchev–Trinajstić information content (AvgIpc) is 3.19. The zero-order valence-corrected chi connectivity index (χ0v) is 13.2. The molecule has 2 aromatic heterocycles. The topological polar surface area (TPSA) is 40.6 Å². The Morgan fingerprint density at radius 2 is 1.52 bits per heavy atom. The first-order valence-electron chi connectivity index (χ1n) is 6.65. The van der Waals surface area contributed by atoms with Crippen LogP contribution >= 0.6 is 22.7 Å². The second-order valence-electron chi connectivity index (χ2n) is 4.93. The molecule has 0 spiro atoms. The van der Waals surface area contributed by atoms with Gasteiger partial charge in [-0.25, -0.2) is 0 Å². The second kappa shape index (κ2) is 4.29. The normalized spacial score (nSPS) is 20.5. The fourth-order valence-corrected chi connectivity index (χ4v) is 4.83. The van der Waals surface area contributed by atoms with Crippen LogP contribution in [0.3, 0.4) is 0 Å². The van der Waals surface area contributed by atoms with Gasteiger partial charge in [-0.3, -0.25) is 9.59 Å². The Bertz CT molecular complexity index is 815. The lowest BCUT2D eigenvalue weighted by atomic mass is 10.1. The fourth-order valence-electron chi connectivity index (χ4n) is 2.93. The van der Waals surface area contributed by atoms with E-state index in [1.807, 2.05) is 29.8 Å². The summed E-state index contributed by atoms with van der Waals surface area (Å²) in [4.78, 5) is 30.5. The first-order chi connectivity index (χ1) is 10.1. The molecule has 0 saturated carbocycles. The summed E-state index contributed by atoms with van der Waals surface area (Å²) in [6, 6.07) is 3.88. The molecular weight excluding hydrogens is 304 g/mol. The summed E-state index contributed by atoms with van der Waals surface area (Å²) < 4.78 is 0. The number of likely N-dealkylation sites (N-methyl/N-ethyl adjacent to an activating group) is 2. The lowest BCUT2D eigenvalue weighted by Crippen LogP contribution is -2.27. The largest absolute Gasteiger partial charge is 0.310 e. The molecule has 0 aliphatic carbocycles. The standard InChI is InChI=1S/C15H12N2O2S2/c1-3-17-9-5-7-21-13(9)11(15(17)19)10-12-8(4-6-20-12)16(2)14(10)18/h4-7H,3H2,1-2H3/b11-10+. The molecule has 2 aliphatic rings. The predicted molar refractivity (Wildman–Crippen MR) is 86.9 cm³/mol. The van der Waals surface area contributed by atoms with Gasteiger partial charge in [-0.2, -0.15) is 0 Å². The third kappa shape index (κ3) is 1.49. The SMILES string of the molecule is CCN1C(=O)/C(=C2/C(=O)N(C)c3ccsc32)c2sccc21. The van der Waals surface area contributed by atoms with Crippen LogP contribution in [0.4, 0.5) is 11.4 Å². The van der Waals surface area contributed by atoms with Crippen LogP contribution in [0.25, 0.3) is 11.1 Å². The van der Waals surface area contributed by atoms with Gasteiger partial charge in [-0.1, -0.05) is 0 Å². The number of hydrogen-bond acceptors (Lipinski definition) is 4. The maximum atomic E-state index is 12.7. The number of carbonyl (C=O) groups is 2. The lowest BCUT2D eigenvalue weighted by Gasteiger charge is -2.13. The van der Waals surface area contributed by atoms with Crippen molar-refractivity contribution in [3.8, 4) is 0 Å². The third-order valence-electron chi connectivity index (χ3n) is 3.94. The van der Waals surface area contributed by atoms with Crippen molar-refractivity contribution in [2.24, 2.45) is 0 Å². The van der Waals surface area contributed by atoms with E-state index in [0.717, 1.165) is 21.1 Å². The highest BCUT2D eigenvalue weighted by molar-refractivity contribution is 7.14. The Balaban J connectivity index is 2.03. The maximum absolute atomic E-state index is 12.7. The average molecular weight is 316 g/mol. The van der Waals surface area contributed by atoms with Gasteiger partial charge < -0.3 is 9.80 Å². The number of thiophene rings is 2. The summed E-state index contributed by atoms with van der Waals surface area (Å²) in [5.74, 6) is -0.144. The van der Waals surface area contributed by atoms with E-state index in [4.69, 9.17) is 0 Å². The summed E-state index contributed by atoms with van der Waals surface area (Å²) in [5, 5.41) is 3.93. The molecule has 4 heterocycles. The molecule has 0 aromatic carbocycles. The van der Waals surface area contributed by atoms with Crippen molar-refractivity contribution >= 4 is 57.0 Å². The van der Waals surface area contributed by atoms with E-state index < -0.39 is 0 Å². The van der Waals surface area contributed by atoms with E-state index in [9.17, 15) is 9.59 Å². The van der Waals surface area contributed by atoms with Gasteiger partial charge in [-0.15, -0.1) is 22.7 Å². The molecule has 4 rings (SSSR count). The van der Waals surface area contributed by atoms with Gasteiger partial charge in [0.1, 0.15) is 0 Å². The van der Waals surface area contributed by atoms with Crippen LogP contribution < -0.4 is 9.80 Å². The van der Waals surface area contributed by atoms with E-state index in [-0.39, 0.29) is 11.8 Å². The monoisotopic (exact) mass is 316 g/mol. The molecule has 0 fully saturated rings. The van der Waals surface area contributed by atoms with E-state index in [1.165, 1.54) is 22.7 Å². The molecule has 2 amide bonds. The number of fused-ring (bicyclic) bond motifs is 2. The molecule has 0 atom stereocenters. The highest BCUT2D eigenvalue weighted by atomic mass is 32.1. The van der Waals surface area contributed by atoms with Gasteiger partial charge >= 0.3 is 0 Å². The molecular formula is C15H12N2O2S2. The molecule has 21 heavy (non-hydrogen) atoms. The second-order valence-corrected chi connectivity index (χ2v) is 6.77. The minimum absolute atomic E-state index is 0.0580. The van der Waals surface area contributed by atoms with Crippen LogP contribution in [0, 0.1) is 0 Å². The van der Waals surface area contributed by atoms with E-state index in [1.54, 1.807) is 16.8 Å². The number of nitrogens with zero attached hydrogens (tertiary/aromatic N) is 2. The smallest absolute Gasteiger partial charge is 0.260 e. The van der Waals surface area contributed by atoms with Crippen LogP contribution in [-0.2, 0) is 9.59 Å². The maximum Gasteiger partial charge on any atom is 0.260 e.